The van der Waals surface area contributed by atoms with Gasteiger partial charge in [-0.1, -0.05) is 19.1 Å². The molecule has 0 heterocycles. The van der Waals surface area contributed by atoms with Crippen LogP contribution in [0.15, 0.2) is 12.2 Å². The Kier molecular flexibility index (Phi) is 3.06. The Morgan fingerprint density at radius 1 is 1.45 bits per heavy atom. The third kappa shape index (κ3) is 2.26. The van der Waals surface area contributed by atoms with Crippen LogP contribution in [0.4, 0.5) is 0 Å². The van der Waals surface area contributed by atoms with E-state index in [-0.39, 0.29) is 0 Å². The maximum atomic E-state index is 4.57. The highest BCUT2D eigenvalue weighted by Gasteiger charge is 2.25. The Balaban J connectivity index is 2.46. The molecular formula is C10H18S. The van der Waals surface area contributed by atoms with E-state index in [2.05, 4.69) is 33.1 Å². The van der Waals surface area contributed by atoms with Crippen LogP contribution in [-0.4, -0.2) is 5.25 Å². The van der Waals surface area contributed by atoms with Crippen molar-refractivity contribution in [3.05, 3.63) is 12.2 Å². The van der Waals surface area contributed by atoms with E-state index in [4.69, 9.17) is 0 Å². The Morgan fingerprint density at radius 2 is 2.09 bits per heavy atom. The van der Waals surface area contributed by atoms with Gasteiger partial charge in [0.05, 0.1) is 0 Å². The second-order valence-electron chi connectivity index (χ2n) is 3.90. The van der Waals surface area contributed by atoms with Gasteiger partial charge in [0.25, 0.3) is 0 Å². The molecule has 1 fully saturated rings. The van der Waals surface area contributed by atoms with Crippen molar-refractivity contribution in [2.45, 2.75) is 38.4 Å². The van der Waals surface area contributed by atoms with Gasteiger partial charge in [-0.2, -0.15) is 12.6 Å². The van der Waals surface area contributed by atoms with E-state index < -0.39 is 0 Å². The predicted molar refractivity (Wildman–Crippen MR) is 54.1 cm³/mol. The molecule has 0 bridgehead atoms. The molecule has 0 aromatic heterocycles. The summed E-state index contributed by atoms with van der Waals surface area (Å²) in [7, 11) is 0. The summed E-state index contributed by atoms with van der Waals surface area (Å²) in [5.74, 6) is 1.54. The van der Waals surface area contributed by atoms with Crippen molar-refractivity contribution < 1.29 is 0 Å². The van der Waals surface area contributed by atoms with Crippen LogP contribution in [-0.2, 0) is 0 Å². The van der Waals surface area contributed by atoms with Crippen LogP contribution in [0.3, 0.4) is 0 Å². The largest absolute Gasteiger partial charge is 0.176 e. The summed E-state index contributed by atoms with van der Waals surface area (Å²) in [4.78, 5) is 0. The first-order chi connectivity index (χ1) is 5.11. The first-order valence-corrected chi connectivity index (χ1v) is 4.96. The maximum absolute atomic E-state index is 4.57. The van der Waals surface area contributed by atoms with E-state index in [1.54, 1.807) is 0 Å². The smallest absolute Gasteiger partial charge is 0.00481 e. The lowest BCUT2D eigenvalue weighted by molar-refractivity contribution is 0.333. The molecule has 64 valence electrons. The molecular weight excluding hydrogens is 152 g/mol. The van der Waals surface area contributed by atoms with Gasteiger partial charge < -0.3 is 0 Å². The van der Waals surface area contributed by atoms with Gasteiger partial charge in [0.15, 0.2) is 0 Å². The van der Waals surface area contributed by atoms with Crippen LogP contribution in [0.25, 0.3) is 0 Å². The fourth-order valence-corrected chi connectivity index (χ4v) is 2.15. The SMILES string of the molecule is C=C(C)C1CCC(C)C(S)C1. The summed E-state index contributed by atoms with van der Waals surface area (Å²) >= 11 is 4.57. The van der Waals surface area contributed by atoms with E-state index in [1.165, 1.54) is 24.8 Å². The molecule has 0 saturated heterocycles. The number of hydrogen-bond acceptors (Lipinski definition) is 1. The molecule has 3 atom stereocenters. The molecule has 1 heteroatoms. The highest BCUT2D eigenvalue weighted by Crippen LogP contribution is 2.34. The van der Waals surface area contributed by atoms with Crippen LogP contribution >= 0.6 is 12.6 Å². The molecule has 0 aromatic rings. The third-order valence-electron chi connectivity index (χ3n) is 2.85. The first-order valence-electron chi connectivity index (χ1n) is 4.44. The first kappa shape index (κ1) is 9.18. The number of thiol groups is 1. The third-order valence-corrected chi connectivity index (χ3v) is 3.57. The predicted octanol–water partition coefficient (Wildman–Crippen LogP) is 3.30. The van der Waals surface area contributed by atoms with Crippen molar-refractivity contribution in [2.75, 3.05) is 0 Å². The molecule has 1 aliphatic rings. The number of rotatable bonds is 1. The molecule has 0 aliphatic heterocycles. The molecule has 0 aromatic carbocycles. The zero-order chi connectivity index (χ0) is 8.43. The van der Waals surface area contributed by atoms with Gasteiger partial charge in [0, 0.05) is 5.25 Å². The van der Waals surface area contributed by atoms with Crippen LogP contribution in [0.1, 0.15) is 33.1 Å². The molecule has 3 unspecified atom stereocenters. The normalized spacial score (nSPS) is 38.6. The molecule has 11 heavy (non-hydrogen) atoms. The van der Waals surface area contributed by atoms with E-state index in [9.17, 15) is 0 Å². The van der Waals surface area contributed by atoms with E-state index in [1.807, 2.05) is 0 Å². The molecule has 0 amide bonds. The van der Waals surface area contributed by atoms with Crippen molar-refractivity contribution in [3.63, 3.8) is 0 Å². The van der Waals surface area contributed by atoms with Gasteiger partial charge >= 0.3 is 0 Å². The molecule has 0 spiro atoms. The summed E-state index contributed by atoms with van der Waals surface area (Å²) in [6, 6.07) is 0. The van der Waals surface area contributed by atoms with Gasteiger partial charge in [-0.3, -0.25) is 0 Å². The Morgan fingerprint density at radius 3 is 2.55 bits per heavy atom. The molecule has 1 aliphatic carbocycles. The van der Waals surface area contributed by atoms with Gasteiger partial charge in [-0.25, -0.2) is 0 Å². The highest BCUT2D eigenvalue weighted by atomic mass is 32.1. The Bertz CT molecular complexity index is 151. The molecule has 1 saturated carbocycles. The Hall–Kier alpha value is 0.0900. The lowest BCUT2D eigenvalue weighted by Crippen LogP contribution is -2.23. The molecule has 0 N–H and O–H groups in total. The summed E-state index contributed by atoms with van der Waals surface area (Å²) < 4.78 is 0. The zero-order valence-corrected chi connectivity index (χ0v) is 8.40. The lowest BCUT2D eigenvalue weighted by atomic mass is 9.80. The average molecular weight is 170 g/mol. The topological polar surface area (TPSA) is 0 Å². The Labute approximate surface area is 75.5 Å². The zero-order valence-electron chi connectivity index (χ0n) is 7.51. The monoisotopic (exact) mass is 170 g/mol. The minimum absolute atomic E-state index is 0.602. The highest BCUT2D eigenvalue weighted by molar-refractivity contribution is 7.81. The quantitative estimate of drug-likeness (QED) is 0.453. The second kappa shape index (κ2) is 3.66. The van der Waals surface area contributed by atoms with Crippen molar-refractivity contribution in [1.29, 1.82) is 0 Å². The molecule has 1 rings (SSSR count). The second-order valence-corrected chi connectivity index (χ2v) is 4.56. The van der Waals surface area contributed by atoms with E-state index in [0.29, 0.717) is 5.25 Å². The number of hydrogen-bond donors (Lipinski definition) is 1. The van der Waals surface area contributed by atoms with Crippen molar-refractivity contribution >= 4 is 12.6 Å². The van der Waals surface area contributed by atoms with Gasteiger partial charge in [-0.05, 0) is 38.0 Å². The van der Waals surface area contributed by atoms with Crippen LogP contribution < -0.4 is 0 Å². The lowest BCUT2D eigenvalue weighted by Gasteiger charge is -2.31. The fraction of sp³-hybridized carbons (Fsp3) is 0.800. The minimum Gasteiger partial charge on any atom is -0.176 e. The maximum Gasteiger partial charge on any atom is 0.00481 e. The summed E-state index contributed by atoms with van der Waals surface area (Å²) in [6.45, 7) is 8.44. The van der Waals surface area contributed by atoms with Crippen LogP contribution in [0, 0.1) is 11.8 Å². The number of allylic oxidation sites excluding steroid dienone is 1. The minimum atomic E-state index is 0.602. The van der Waals surface area contributed by atoms with Crippen molar-refractivity contribution in [1.82, 2.24) is 0 Å². The van der Waals surface area contributed by atoms with Crippen LogP contribution in [0.2, 0.25) is 0 Å². The molecule has 0 radical (unpaired) electrons. The summed E-state index contributed by atoms with van der Waals surface area (Å²) in [5.41, 5.74) is 1.34. The summed E-state index contributed by atoms with van der Waals surface area (Å²) in [6.07, 6.45) is 3.89. The standard InChI is InChI=1S/C10H18S/c1-7(2)9-5-4-8(3)10(11)6-9/h8-11H,1,4-6H2,2-3H3. The molecule has 0 nitrogen and oxygen atoms in total. The van der Waals surface area contributed by atoms with Crippen LogP contribution in [0.5, 0.6) is 0 Å². The van der Waals surface area contributed by atoms with Gasteiger partial charge in [-0.15, -0.1) is 0 Å². The van der Waals surface area contributed by atoms with Gasteiger partial charge in [0.2, 0.25) is 0 Å². The summed E-state index contributed by atoms with van der Waals surface area (Å²) in [5, 5.41) is 0.602. The van der Waals surface area contributed by atoms with E-state index in [0.717, 1.165) is 11.8 Å². The fourth-order valence-electron chi connectivity index (χ4n) is 1.75. The average Bonchev–Trinajstić information content (AvgIpc) is 1.94. The van der Waals surface area contributed by atoms with E-state index >= 15 is 0 Å². The van der Waals surface area contributed by atoms with Crippen molar-refractivity contribution in [3.8, 4) is 0 Å². The van der Waals surface area contributed by atoms with Crippen molar-refractivity contribution in [2.24, 2.45) is 11.8 Å². The van der Waals surface area contributed by atoms with Gasteiger partial charge in [0.1, 0.15) is 0 Å².